The smallest absolute Gasteiger partial charge is 0.314 e. The molecule has 4 heterocycles. The Hall–Kier alpha value is -3.27. The van der Waals surface area contributed by atoms with E-state index in [0.29, 0.717) is 11.6 Å². The van der Waals surface area contributed by atoms with Crippen molar-refractivity contribution in [1.82, 2.24) is 24.8 Å². The Kier molecular flexibility index (Phi) is 6.50. The van der Waals surface area contributed by atoms with E-state index in [4.69, 9.17) is 5.73 Å². The summed E-state index contributed by atoms with van der Waals surface area (Å²) in [4.78, 5) is 18.9. The predicted molar refractivity (Wildman–Crippen MR) is 117 cm³/mol. The van der Waals surface area contributed by atoms with E-state index >= 15 is 0 Å². The zero-order chi connectivity index (χ0) is 22.7. The second-order valence-electron chi connectivity index (χ2n) is 8.08. The van der Waals surface area contributed by atoms with Gasteiger partial charge in [0.05, 0.1) is 12.2 Å². The molecule has 0 spiro atoms. The maximum Gasteiger partial charge on any atom is 0.314 e. The maximum atomic E-state index is 14.1. The van der Waals surface area contributed by atoms with E-state index in [1.54, 1.807) is 15.6 Å². The third kappa shape index (κ3) is 4.80. The lowest BCUT2D eigenvalue weighted by Gasteiger charge is -2.30. The highest BCUT2D eigenvalue weighted by atomic mass is 19.1. The number of nitrogens with zero attached hydrogens (tertiary/aromatic N) is 5. The van der Waals surface area contributed by atoms with Gasteiger partial charge in [-0.15, -0.1) is 0 Å². The Morgan fingerprint density at radius 2 is 2.06 bits per heavy atom. The van der Waals surface area contributed by atoms with Gasteiger partial charge in [-0.2, -0.15) is 5.10 Å². The monoisotopic (exact) mass is 443 g/mol. The fourth-order valence-electron chi connectivity index (χ4n) is 4.23. The Balaban J connectivity index is 0.000000207. The number of hydrogen-bond acceptors (Lipinski definition) is 5. The van der Waals surface area contributed by atoms with E-state index in [2.05, 4.69) is 15.4 Å². The summed E-state index contributed by atoms with van der Waals surface area (Å²) in [6.07, 6.45) is 5.22. The van der Waals surface area contributed by atoms with Crippen molar-refractivity contribution in [3.63, 3.8) is 0 Å². The number of halogens is 2. The second-order valence-corrected chi connectivity index (χ2v) is 8.08. The van der Waals surface area contributed by atoms with Gasteiger partial charge in [0.1, 0.15) is 17.5 Å². The van der Waals surface area contributed by atoms with Crippen LogP contribution in [0, 0.1) is 11.6 Å². The van der Waals surface area contributed by atoms with Gasteiger partial charge in [0.15, 0.2) is 5.65 Å². The minimum Gasteiger partial charge on any atom is -0.351 e. The molecule has 0 saturated carbocycles. The van der Waals surface area contributed by atoms with Gasteiger partial charge >= 0.3 is 6.03 Å². The van der Waals surface area contributed by atoms with Gasteiger partial charge in [0.2, 0.25) is 0 Å². The first-order valence-corrected chi connectivity index (χ1v) is 10.7. The summed E-state index contributed by atoms with van der Waals surface area (Å²) in [6.45, 7) is 5.13. The van der Waals surface area contributed by atoms with Crippen molar-refractivity contribution in [1.29, 1.82) is 0 Å². The third-order valence-electron chi connectivity index (χ3n) is 5.79. The highest BCUT2D eigenvalue weighted by Gasteiger charge is 2.29. The molecular formula is C22H27F2N7O. The Bertz CT molecular complexity index is 1090. The predicted octanol–water partition coefficient (Wildman–Crippen LogP) is 2.71. The number of carbonyl (C=O) groups is 1. The van der Waals surface area contributed by atoms with Gasteiger partial charge in [-0.25, -0.2) is 23.1 Å². The van der Waals surface area contributed by atoms with Gasteiger partial charge in [-0.3, -0.25) is 0 Å². The van der Waals surface area contributed by atoms with Crippen molar-refractivity contribution >= 4 is 17.5 Å². The molecule has 2 aliphatic rings. The lowest BCUT2D eigenvalue weighted by molar-refractivity contribution is 0.188. The Labute approximate surface area is 185 Å². The largest absolute Gasteiger partial charge is 0.351 e. The number of fused-ring (bicyclic) bond motifs is 1. The van der Waals surface area contributed by atoms with Crippen molar-refractivity contribution in [2.45, 2.75) is 31.8 Å². The molecule has 1 unspecified atom stereocenters. The normalized spacial score (nSPS) is 20.8. The summed E-state index contributed by atoms with van der Waals surface area (Å²) in [5.74, 6) is -0.0228. The molecule has 8 nitrogen and oxygen atoms in total. The number of primary amides is 1. The highest BCUT2D eigenvalue weighted by Crippen LogP contribution is 2.36. The van der Waals surface area contributed by atoms with Crippen molar-refractivity contribution in [3.8, 4) is 0 Å². The van der Waals surface area contributed by atoms with Crippen molar-refractivity contribution in [3.05, 3.63) is 59.9 Å². The average molecular weight is 444 g/mol. The van der Waals surface area contributed by atoms with Crippen LogP contribution in [0.1, 0.15) is 31.4 Å². The van der Waals surface area contributed by atoms with Crippen LogP contribution in [0.15, 0.2) is 42.7 Å². The number of nitrogens with one attached hydrogen (secondary N) is 1. The van der Waals surface area contributed by atoms with Crippen molar-refractivity contribution < 1.29 is 13.6 Å². The van der Waals surface area contributed by atoms with Crippen LogP contribution in [0.4, 0.5) is 19.4 Å². The zero-order valence-corrected chi connectivity index (χ0v) is 17.9. The fraction of sp³-hybridized carbons (Fsp3) is 0.409. The van der Waals surface area contributed by atoms with E-state index in [-0.39, 0.29) is 17.9 Å². The van der Waals surface area contributed by atoms with Gasteiger partial charge < -0.3 is 20.9 Å². The van der Waals surface area contributed by atoms with Gasteiger partial charge in [0.25, 0.3) is 0 Å². The average Bonchev–Trinajstić information content (AvgIpc) is 3.44. The molecule has 3 N–H and O–H groups in total. The number of piperazine rings is 1. The molecule has 0 bridgehead atoms. The fourth-order valence-corrected chi connectivity index (χ4v) is 4.23. The van der Waals surface area contributed by atoms with E-state index in [1.165, 1.54) is 12.1 Å². The number of anilines is 1. The minimum atomic E-state index is -0.414. The van der Waals surface area contributed by atoms with Gasteiger partial charge in [-0.05, 0) is 44.0 Å². The molecule has 5 rings (SSSR count). The summed E-state index contributed by atoms with van der Waals surface area (Å²) in [5, 5.41) is 7.33. The van der Waals surface area contributed by atoms with E-state index in [9.17, 15) is 13.6 Å². The van der Waals surface area contributed by atoms with E-state index in [0.717, 1.165) is 56.6 Å². The van der Waals surface area contributed by atoms with Gasteiger partial charge in [-0.1, -0.05) is 0 Å². The minimum absolute atomic E-state index is 0.187. The zero-order valence-electron chi connectivity index (χ0n) is 17.9. The number of urea groups is 1. The van der Waals surface area contributed by atoms with Crippen LogP contribution < -0.4 is 16.0 Å². The molecule has 2 aliphatic heterocycles. The topological polar surface area (TPSA) is 91.8 Å². The SMILES string of the molecule is CC1CN(C(N)=O)CCN1.Fc1ccc(F)c([C@H]2CCCN2c2ccn3nccc3n2)c1. The molecule has 10 heteroatoms. The van der Waals surface area contributed by atoms with E-state index in [1.807, 2.05) is 30.2 Å². The van der Waals surface area contributed by atoms with Crippen molar-refractivity contribution in [2.75, 3.05) is 31.1 Å². The molecule has 3 aromatic rings. The van der Waals surface area contributed by atoms with Crippen LogP contribution in [0.2, 0.25) is 0 Å². The Morgan fingerprint density at radius 1 is 1.22 bits per heavy atom. The first kappa shape index (κ1) is 21.9. The van der Waals surface area contributed by atoms with Gasteiger partial charge in [0, 0.05) is 50.0 Å². The number of nitrogens with two attached hydrogens (primary N) is 1. The number of benzene rings is 1. The summed E-state index contributed by atoms with van der Waals surface area (Å²) >= 11 is 0. The molecule has 2 amide bonds. The molecule has 0 radical (unpaired) electrons. The quantitative estimate of drug-likeness (QED) is 0.636. The molecule has 170 valence electrons. The third-order valence-corrected chi connectivity index (χ3v) is 5.79. The van der Waals surface area contributed by atoms with Crippen molar-refractivity contribution in [2.24, 2.45) is 5.73 Å². The standard InChI is InChI=1S/C16H14F2N4.C6H13N3O/c17-11-3-4-13(18)12(10-11)14-2-1-8-21(14)15-6-9-22-16(20-15)5-7-19-22;1-5-4-9(6(7)10)3-2-8-5/h3-7,9-10,14H,1-2,8H2;5,8H,2-4H2,1H3,(H2,7,10)/t14-;/m1./s1. The number of carbonyl (C=O) groups excluding carboxylic acids is 1. The highest BCUT2D eigenvalue weighted by molar-refractivity contribution is 5.72. The summed E-state index contributed by atoms with van der Waals surface area (Å²) in [5.41, 5.74) is 6.22. The molecule has 2 aromatic heterocycles. The number of amides is 2. The number of hydrogen-bond donors (Lipinski definition) is 2. The summed E-state index contributed by atoms with van der Waals surface area (Å²) < 4.78 is 29.2. The Morgan fingerprint density at radius 3 is 2.81 bits per heavy atom. The van der Waals surface area contributed by atoms with Crippen LogP contribution >= 0.6 is 0 Å². The van der Waals surface area contributed by atoms with Crippen LogP contribution in [0.5, 0.6) is 0 Å². The molecule has 2 saturated heterocycles. The molecule has 0 aliphatic carbocycles. The van der Waals surface area contributed by atoms with Crippen LogP contribution in [-0.4, -0.2) is 57.7 Å². The molecule has 1 aromatic carbocycles. The molecule has 2 atom stereocenters. The van der Waals surface area contributed by atoms with Crippen LogP contribution in [0.3, 0.4) is 0 Å². The molecule has 2 fully saturated rings. The summed E-state index contributed by atoms with van der Waals surface area (Å²) in [6, 6.07) is 7.18. The summed E-state index contributed by atoms with van der Waals surface area (Å²) in [7, 11) is 0. The number of aromatic nitrogens is 3. The molecular weight excluding hydrogens is 416 g/mol. The number of rotatable bonds is 2. The second kappa shape index (κ2) is 9.47. The first-order chi connectivity index (χ1) is 15.4. The first-order valence-electron chi connectivity index (χ1n) is 10.7. The lowest BCUT2D eigenvalue weighted by Crippen LogP contribution is -2.52. The molecule has 32 heavy (non-hydrogen) atoms. The lowest BCUT2D eigenvalue weighted by atomic mass is 10.0. The maximum absolute atomic E-state index is 14.1. The van der Waals surface area contributed by atoms with Crippen LogP contribution in [-0.2, 0) is 0 Å². The van der Waals surface area contributed by atoms with Crippen LogP contribution in [0.25, 0.3) is 5.65 Å². The van der Waals surface area contributed by atoms with E-state index < -0.39 is 5.82 Å².